The van der Waals surface area contributed by atoms with Crippen LogP contribution in [0.25, 0.3) is 0 Å². The first-order valence-electron chi connectivity index (χ1n) is 11.5. The Morgan fingerprint density at radius 2 is 1.08 bits per heavy atom. The van der Waals surface area contributed by atoms with Gasteiger partial charge in [-0.25, -0.2) is 0 Å². The second kappa shape index (κ2) is 8.59. The molecule has 0 aromatic rings. The van der Waals surface area contributed by atoms with Crippen molar-refractivity contribution in [2.45, 2.75) is 105 Å². The maximum atomic E-state index is 2.57. The minimum atomic E-state index is 0.954. The van der Waals surface area contributed by atoms with E-state index in [4.69, 9.17) is 0 Å². The highest BCUT2D eigenvalue weighted by atomic mass is 14.4. The van der Waals surface area contributed by atoms with Crippen LogP contribution in [-0.2, 0) is 0 Å². The molecule has 3 aliphatic carbocycles. The van der Waals surface area contributed by atoms with Crippen LogP contribution in [0.2, 0.25) is 0 Å². The van der Waals surface area contributed by atoms with Gasteiger partial charge in [-0.2, -0.15) is 0 Å². The first-order valence-corrected chi connectivity index (χ1v) is 11.5. The number of rotatable bonds is 4. The Morgan fingerprint density at radius 1 is 0.542 bits per heavy atom. The van der Waals surface area contributed by atoms with E-state index >= 15 is 0 Å². The van der Waals surface area contributed by atoms with Crippen molar-refractivity contribution in [3.05, 3.63) is 0 Å². The molecule has 3 fully saturated rings. The van der Waals surface area contributed by atoms with Crippen molar-refractivity contribution in [3.8, 4) is 0 Å². The van der Waals surface area contributed by atoms with E-state index in [1.54, 1.807) is 38.5 Å². The van der Waals surface area contributed by atoms with Gasteiger partial charge in [0, 0.05) is 0 Å². The normalized spacial score (nSPS) is 47.5. The molecule has 3 aliphatic rings. The summed E-state index contributed by atoms with van der Waals surface area (Å²) in [6, 6.07) is 0. The molecule has 0 spiro atoms. The summed E-state index contributed by atoms with van der Waals surface area (Å²) >= 11 is 0. The van der Waals surface area contributed by atoms with Gasteiger partial charge < -0.3 is 0 Å². The molecule has 140 valence electrons. The summed E-state index contributed by atoms with van der Waals surface area (Å²) in [7, 11) is 0. The first kappa shape index (κ1) is 18.8. The molecule has 0 bridgehead atoms. The lowest BCUT2D eigenvalue weighted by atomic mass is 9.61. The lowest BCUT2D eigenvalue weighted by molar-refractivity contribution is 0.0563. The van der Waals surface area contributed by atoms with Crippen LogP contribution in [0.4, 0.5) is 0 Å². The smallest absolute Gasteiger partial charge is 0.0357 e. The minimum Gasteiger partial charge on any atom is -0.0625 e. The Balaban J connectivity index is 1.38. The van der Waals surface area contributed by atoms with Gasteiger partial charge in [0.15, 0.2) is 0 Å². The van der Waals surface area contributed by atoms with Crippen LogP contribution >= 0.6 is 0 Å². The zero-order valence-electron chi connectivity index (χ0n) is 17.1. The van der Waals surface area contributed by atoms with Crippen LogP contribution in [-0.4, -0.2) is 0 Å². The Hall–Kier alpha value is 0. The molecule has 3 rings (SSSR count). The summed E-state index contributed by atoms with van der Waals surface area (Å²) in [5.74, 6) is 8.19. The summed E-state index contributed by atoms with van der Waals surface area (Å²) in [4.78, 5) is 0. The van der Waals surface area contributed by atoms with Crippen LogP contribution in [0, 0.1) is 47.3 Å². The highest BCUT2D eigenvalue weighted by molar-refractivity contribution is 4.87. The monoisotopic (exact) mass is 332 g/mol. The topological polar surface area (TPSA) is 0 Å². The molecule has 0 N–H and O–H groups in total. The largest absolute Gasteiger partial charge is 0.0625 e. The first-order chi connectivity index (χ1) is 11.5. The van der Waals surface area contributed by atoms with Crippen molar-refractivity contribution >= 4 is 0 Å². The SMILES string of the molecule is CC1CCC(CCC2CCC(C3CCC(C)C(C)C3C)CC2)CC1. The third-order valence-electron chi connectivity index (χ3n) is 8.97. The molecule has 0 aliphatic heterocycles. The van der Waals surface area contributed by atoms with Gasteiger partial charge in [-0.3, -0.25) is 0 Å². The van der Waals surface area contributed by atoms with Gasteiger partial charge in [0.05, 0.1) is 0 Å². The van der Waals surface area contributed by atoms with Gasteiger partial charge in [0.1, 0.15) is 0 Å². The maximum Gasteiger partial charge on any atom is -0.0357 e. The van der Waals surface area contributed by atoms with Gasteiger partial charge in [0.2, 0.25) is 0 Å². The summed E-state index contributed by atoms with van der Waals surface area (Å²) in [6.07, 6.45) is 18.4. The minimum absolute atomic E-state index is 0.954. The summed E-state index contributed by atoms with van der Waals surface area (Å²) < 4.78 is 0. The second-order valence-corrected chi connectivity index (χ2v) is 10.4. The summed E-state index contributed by atoms with van der Waals surface area (Å²) in [5.41, 5.74) is 0. The molecule has 3 saturated carbocycles. The third kappa shape index (κ3) is 4.59. The molecular weight excluding hydrogens is 288 g/mol. The molecular formula is C24H44. The predicted octanol–water partition coefficient (Wildman–Crippen LogP) is 7.72. The zero-order valence-corrected chi connectivity index (χ0v) is 17.1. The lowest BCUT2D eigenvalue weighted by Crippen LogP contribution is -2.35. The van der Waals surface area contributed by atoms with Crippen molar-refractivity contribution in [2.24, 2.45) is 47.3 Å². The molecule has 0 nitrogen and oxygen atoms in total. The van der Waals surface area contributed by atoms with Crippen molar-refractivity contribution in [3.63, 3.8) is 0 Å². The van der Waals surface area contributed by atoms with E-state index in [0.29, 0.717) is 0 Å². The van der Waals surface area contributed by atoms with Crippen LogP contribution < -0.4 is 0 Å². The molecule has 4 unspecified atom stereocenters. The fraction of sp³-hybridized carbons (Fsp3) is 1.00. The molecule has 4 atom stereocenters. The number of hydrogen-bond acceptors (Lipinski definition) is 0. The third-order valence-corrected chi connectivity index (χ3v) is 8.97. The fourth-order valence-electron chi connectivity index (χ4n) is 6.55. The van der Waals surface area contributed by atoms with Gasteiger partial charge >= 0.3 is 0 Å². The predicted molar refractivity (Wildman–Crippen MR) is 106 cm³/mol. The number of hydrogen-bond donors (Lipinski definition) is 0. The van der Waals surface area contributed by atoms with Gasteiger partial charge in [0.25, 0.3) is 0 Å². The van der Waals surface area contributed by atoms with Crippen LogP contribution in [0.3, 0.4) is 0 Å². The molecule has 0 heterocycles. The van der Waals surface area contributed by atoms with E-state index in [1.165, 1.54) is 38.5 Å². The standard InChI is InChI=1S/C24H44/c1-17-5-8-21(9-6-17)10-11-22-12-14-23(15-13-22)24-16-7-18(2)19(3)20(24)4/h17-24H,5-16H2,1-4H3. The van der Waals surface area contributed by atoms with Crippen LogP contribution in [0.15, 0.2) is 0 Å². The van der Waals surface area contributed by atoms with E-state index in [9.17, 15) is 0 Å². The summed E-state index contributed by atoms with van der Waals surface area (Å²) in [6.45, 7) is 10.0. The maximum absolute atomic E-state index is 2.57. The van der Waals surface area contributed by atoms with E-state index < -0.39 is 0 Å². The summed E-state index contributed by atoms with van der Waals surface area (Å²) in [5, 5.41) is 0. The molecule has 0 aromatic heterocycles. The van der Waals surface area contributed by atoms with Crippen LogP contribution in [0.5, 0.6) is 0 Å². The van der Waals surface area contributed by atoms with Gasteiger partial charge in [-0.05, 0) is 66.6 Å². The Labute approximate surface area is 152 Å². The molecule has 0 saturated heterocycles. The molecule has 0 radical (unpaired) electrons. The van der Waals surface area contributed by atoms with E-state index in [0.717, 1.165) is 47.3 Å². The average Bonchev–Trinajstić information content (AvgIpc) is 2.60. The highest BCUT2D eigenvalue weighted by Gasteiger charge is 2.37. The Bertz CT molecular complexity index is 356. The van der Waals surface area contributed by atoms with E-state index in [-0.39, 0.29) is 0 Å². The van der Waals surface area contributed by atoms with Crippen LogP contribution in [0.1, 0.15) is 105 Å². The quantitative estimate of drug-likeness (QED) is 0.494. The zero-order chi connectivity index (χ0) is 17.1. The van der Waals surface area contributed by atoms with E-state index in [1.807, 2.05) is 0 Å². The lowest BCUT2D eigenvalue weighted by Gasteiger charge is -2.44. The fourth-order valence-corrected chi connectivity index (χ4v) is 6.55. The van der Waals surface area contributed by atoms with Crippen molar-refractivity contribution in [1.29, 1.82) is 0 Å². The second-order valence-electron chi connectivity index (χ2n) is 10.4. The molecule has 0 aromatic carbocycles. The van der Waals surface area contributed by atoms with E-state index in [2.05, 4.69) is 27.7 Å². The molecule has 0 heteroatoms. The van der Waals surface area contributed by atoms with Gasteiger partial charge in [-0.15, -0.1) is 0 Å². The Kier molecular flexibility index (Phi) is 6.72. The van der Waals surface area contributed by atoms with Crippen molar-refractivity contribution in [1.82, 2.24) is 0 Å². The molecule has 0 amide bonds. The van der Waals surface area contributed by atoms with Gasteiger partial charge in [-0.1, -0.05) is 85.5 Å². The Morgan fingerprint density at radius 3 is 1.67 bits per heavy atom. The van der Waals surface area contributed by atoms with Crippen molar-refractivity contribution in [2.75, 3.05) is 0 Å². The average molecular weight is 333 g/mol. The highest BCUT2D eigenvalue weighted by Crippen LogP contribution is 2.47. The van der Waals surface area contributed by atoms with Crippen molar-refractivity contribution < 1.29 is 0 Å². The molecule has 24 heavy (non-hydrogen) atoms.